The SMILES string of the molecule is CCCC(C)(CNC(=O)c1c(CC)nc2c(OCc3c(F)cccc3F)cc(C)cn12)NC(=O)O.O=C(O)C(F)(F)F. The molecule has 0 radical (unpaired) electrons. The molecule has 4 N–H and O–H groups in total. The molecule has 0 saturated carbocycles. The van der Waals surface area contributed by atoms with E-state index in [1.54, 1.807) is 30.5 Å². The average molecular weight is 603 g/mol. The molecule has 0 aliphatic heterocycles. The first-order valence-corrected chi connectivity index (χ1v) is 12.7. The zero-order valence-electron chi connectivity index (χ0n) is 23.2. The van der Waals surface area contributed by atoms with E-state index in [0.717, 1.165) is 24.1 Å². The van der Waals surface area contributed by atoms with Crippen molar-refractivity contribution in [1.29, 1.82) is 0 Å². The van der Waals surface area contributed by atoms with Gasteiger partial charge in [-0.3, -0.25) is 9.20 Å². The zero-order chi connectivity index (χ0) is 31.8. The first kappa shape index (κ1) is 33.8. The Balaban J connectivity index is 0.000000782. The molecule has 2 heterocycles. The predicted octanol–water partition coefficient (Wildman–Crippen LogP) is 5.25. The summed E-state index contributed by atoms with van der Waals surface area (Å²) in [6, 6.07) is 5.29. The molecule has 0 aliphatic carbocycles. The number of hydrogen-bond donors (Lipinski definition) is 4. The van der Waals surface area contributed by atoms with Gasteiger partial charge in [0, 0.05) is 12.7 Å². The van der Waals surface area contributed by atoms with Crippen molar-refractivity contribution in [3.8, 4) is 5.75 Å². The number of aryl methyl sites for hydroxylation is 2. The highest BCUT2D eigenvalue weighted by Crippen LogP contribution is 2.26. The number of carboxylic acid groups (broad SMARTS) is 2. The van der Waals surface area contributed by atoms with Gasteiger partial charge in [0.1, 0.15) is 23.9 Å². The summed E-state index contributed by atoms with van der Waals surface area (Å²) in [4.78, 5) is 37.9. The molecule has 3 rings (SSSR count). The summed E-state index contributed by atoms with van der Waals surface area (Å²) in [5.74, 6) is -4.31. The van der Waals surface area contributed by atoms with Crippen LogP contribution < -0.4 is 15.4 Å². The molecule has 15 heteroatoms. The lowest BCUT2D eigenvalue weighted by Crippen LogP contribution is -2.53. The van der Waals surface area contributed by atoms with E-state index in [1.807, 2.05) is 13.8 Å². The number of aromatic nitrogens is 2. The highest BCUT2D eigenvalue weighted by molar-refractivity contribution is 5.95. The monoisotopic (exact) mass is 602 g/mol. The molecule has 1 atom stereocenters. The van der Waals surface area contributed by atoms with Crippen LogP contribution in [0.5, 0.6) is 5.75 Å². The maximum atomic E-state index is 14.1. The normalized spacial score (nSPS) is 12.6. The number of carboxylic acids is 1. The van der Waals surface area contributed by atoms with Crippen LogP contribution in [-0.2, 0) is 17.8 Å². The van der Waals surface area contributed by atoms with E-state index in [0.29, 0.717) is 29.9 Å². The van der Waals surface area contributed by atoms with Crippen LogP contribution in [0.2, 0.25) is 0 Å². The van der Waals surface area contributed by atoms with Gasteiger partial charge in [-0.25, -0.2) is 23.4 Å². The number of nitrogens with zero attached hydrogens (tertiary/aromatic N) is 2. The third kappa shape index (κ3) is 8.78. The van der Waals surface area contributed by atoms with E-state index >= 15 is 0 Å². The standard InChI is InChI=1S/C25H30F2N4O4.C2HF3O2/c1-5-10-25(4,30-24(33)34)14-28-23(32)21-19(6-2)29-22-20(11-15(3)12-31(21)22)35-13-16-17(26)8-7-9-18(16)27;3-2(4,5)1(6)7/h7-9,11-12,30H,5-6,10,13-14H2,1-4H3,(H,28,32)(H,33,34);(H,6,7). The second-order valence-corrected chi connectivity index (χ2v) is 9.55. The van der Waals surface area contributed by atoms with E-state index in [-0.39, 0.29) is 24.5 Å². The molecule has 230 valence electrons. The molecule has 0 bridgehead atoms. The van der Waals surface area contributed by atoms with Crippen molar-refractivity contribution in [2.24, 2.45) is 0 Å². The summed E-state index contributed by atoms with van der Waals surface area (Å²) in [7, 11) is 0. The van der Waals surface area contributed by atoms with Crippen molar-refractivity contribution in [3.63, 3.8) is 0 Å². The number of aliphatic carboxylic acids is 1. The Hall–Kier alpha value is -4.43. The third-order valence-electron chi connectivity index (χ3n) is 5.97. The van der Waals surface area contributed by atoms with Crippen molar-refractivity contribution in [2.75, 3.05) is 6.54 Å². The Morgan fingerprint density at radius 3 is 2.19 bits per heavy atom. The number of halogens is 5. The van der Waals surface area contributed by atoms with Gasteiger partial charge in [0.2, 0.25) is 0 Å². The van der Waals surface area contributed by atoms with Crippen molar-refractivity contribution in [3.05, 3.63) is 64.6 Å². The maximum absolute atomic E-state index is 14.1. The van der Waals surface area contributed by atoms with Crippen LogP contribution in [0, 0.1) is 18.6 Å². The average Bonchev–Trinajstić information content (AvgIpc) is 3.25. The van der Waals surface area contributed by atoms with Crippen LogP contribution in [0.3, 0.4) is 0 Å². The van der Waals surface area contributed by atoms with Crippen LogP contribution in [0.15, 0.2) is 30.5 Å². The molecule has 2 amide bonds. The smallest absolute Gasteiger partial charge is 0.485 e. The molecule has 1 unspecified atom stereocenters. The number of benzene rings is 1. The van der Waals surface area contributed by atoms with Crippen LogP contribution in [0.25, 0.3) is 5.65 Å². The van der Waals surface area contributed by atoms with Crippen LogP contribution in [-0.4, -0.2) is 55.8 Å². The number of nitrogens with one attached hydrogen (secondary N) is 2. The highest BCUT2D eigenvalue weighted by Gasteiger charge is 2.38. The molecule has 0 fully saturated rings. The summed E-state index contributed by atoms with van der Waals surface area (Å²) < 4.78 is 67.2. The van der Waals surface area contributed by atoms with E-state index in [4.69, 9.17) is 14.6 Å². The molecule has 1 aromatic carbocycles. The fourth-order valence-corrected chi connectivity index (χ4v) is 4.07. The van der Waals surface area contributed by atoms with Gasteiger partial charge in [0.15, 0.2) is 11.4 Å². The fourth-order valence-electron chi connectivity index (χ4n) is 4.07. The first-order chi connectivity index (χ1) is 19.5. The number of pyridine rings is 1. The second kappa shape index (κ2) is 14.0. The minimum absolute atomic E-state index is 0.0874. The molecule has 2 aromatic heterocycles. The van der Waals surface area contributed by atoms with Crippen molar-refractivity contribution < 1.29 is 51.3 Å². The van der Waals surface area contributed by atoms with Crippen LogP contribution in [0.1, 0.15) is 60.9 Å². The fraction of sp³-hybridized carbons (Fsp3) is 0.407. The first-order valence-electron chi connectivity index (χ1n) is 12.7. The van der Waals surface area contributed by atoms with Gasteiger partial charge in [-0.2, -0.15) is 13.2 Å². The lowest BCUT2D eigenvalue weighted by atomic mass is 9.96. The van der Waals surface area contributed by atoms with Gasteiger partial charge in [-0.1, -0.05) is 26.3 Å². The Bertz CT molecular complexity index is 1420. The lowest BCUT2D eigenvalue weighted by Gasteiger charge is -2.29. The predicted molar refractivity (Wildman–Crippen MR) is 140 cm³/mol. The van der Waals surface area contributed by atoms with Crippen molar-refractivity contribution >= 4 is 23.6 Å². The summed E-state index contributed by atoms with van der Waals surface area (Å²) in [5, 5.41) is 21.6. The molecule has 3 aromatic rings. The van der Waals surface area contributed by atoms with Crippen molar-refractivity contribution in [1.82, 2.24) is 20.0 Å². The number of imidazole rings is 1. The number of amides is 2. The van der Waals surface area contributed by atoms with Gasteiger partial charge in [-0.05, 0) is 50.5 Å². The van der Waals surface area contributed by atoms with Crippen molar-refractivity contribution in [2.45, 2.75) is 65.3 Å². The summed E-state index contributed by atoms with van der Waals surface area (Å²) in [5.41, 5.74) is 0.861. The van der Waals surface area contributed by atoms with Gasteiger partial charge < -0.3 is 25.6 Å². The quantitative estimate of drug-likeness (QED) is 0.232. The van der Waals surface area contributed by atoms with Crippen LogP contribution >= 0.6 is 0 Å². The molecule has 10 nitrogen and oxygen atoms in total. The Morgan fingerprint density at radius 2 is 1.69 bits per heavy atom. The van der Waals surface area contributed by atoms with Gasteiger partial charge in [-0.15, -0.1) is 0 Å². The third-order valence-corrected chi connectivity index (χ3v) is 5.97. The minimum atomic E-state index is -5.08. The van der Waals surface area contributed by atoms with E-state index in [1.165, 1.54) is 6.07 Å². The largest absolute Gasteiger partial charge is 0.490 e. The number of hydrogen-bond acceptors (Lipinski definition) is 5. The molecular formula is C27H31F5N4O6. The number of alkyl halides is 3. The topological polar surface area (TPSA) is 142 Å². The Morgan fingerprint density at radius 1 is 1.10 bits per heavy atom. The molecule has 0 aliphatic rings. The summed E-state index contributed by atoms with van der Waals surface area (Å²) in [6.07, 6.45) is -2.80. The van der Waals surface area contributed by atoms with Gasteiger partial charge in [0.25, 0.3) is 5.91 Å². The number of carbonyl (C=O) groups is 3. The lowest BCUT2D eigenvalue weighted by molar-refractivity contribution is -0.192. The number of carbonyl (C=O) groups excluding carboxylic acids is 1. The maximum Gasteiger partial charge on any atom is 0.490 e. The molecular weight excluding hydrogens is 571 g/mol. The van der Waals surface area contributed by atoms with E-state index < -0.39 is 41.3 Å². The number of fused-ring (bicyclic) bond motifs is 1. The summed E-state index contributed by atoms with van der Waals surface area (Å²) in [6.45, 7) is 7.07. The Kier molecular flexibility index (Phi) is 11.2. The summed E-state index contributed by atoms with van der Waals surface area (Å²) >= 11 is 0. The second-order valence-electron chi connectivity index (χ2n) is 9.55. The molecule has 0 spiro atoms. The van der Waals surface area contributed by atoms with E-state index in [2.05, 4.69) is 15.6 Å². The van der Waals surface area contributed by atoms with Gasteiger partial charge in [0.05, 0.1) is 16.8 Å². The Labute approximate surface area is 237 Å². The van der Waals surface area contributed by atoms with Crippen LogP contribution in [0.4, 0.5) is 26.7 Å². The minimum Gasteiger partial charge on any atom is -0.485 e. The molecule has 42 heavy (non-hydrogen) atoms. The zero-order valence-corrected chi connectivity index (χ0v) is 23.2. The highest BCUT2D eigenvalue weighted by atomic mass is 19.4. The number of ether oxygens (including phenoxy) is 1. The van der Waals surface area contributed by atoms with E-state index in [9.17, 15) is 36.6 Å². The number of rotatable bonds is 10. The van der Waals surface area contributed by atoms with Gasteiger partial charge >= 0.3 is 18.2 Å². The molecule has 0 saturated heterocycles.